The van der Waals surface area contributed by atoms with Crippen LogP contribution in [0.5, 0.6) is 0 Å². The monoisotopic (exact) mass is 703 g/mol. The highest BCUT2D eigenvalue weighted by atomic mass is 15.3. The van der Waals surface area contributed by atoms with Crippen LogP contribution in [0.25, 0.3) is 0 Å². The SMILES string of the molecule is C1CCCCCC(N2C3CCCCCCCCC3B3C4CCCCCCCC4N(C4CCCCCCC4)C4CCCCCCCC2C34)CCCC1. The molecule has 51 heavy (non-hydrogen) atoms. The predicted octanol–water partition coefficient (Wildman–Crippen LogP) is 14.7. The van der Waals surface area contributed by atoms with Crippen molar-refractivity contribution in [3.63, 3.8) is 0 Å². The molecule has 5 aliphatic carbocycles. The first-order chi connectivity index (χ1) is 25.4. The van der Waals surface area contributed by atoms with E-state index in [1.165, 1.54) is 199 Å². The Morgan fingerprint density at radius 3 is 0.784 bits per heavy atom. The molecule has 2 heterocycles. The van der Waals surface area contributed by atoms with E-state index in [4.69, 9.17) is 0 Å². The summed E-state index contributed by atoms with van der Waals surface area (Å²) in [6.07, 6.45) is 59.5. The smallest absolute Gasteiger partial charge is 0.156 e. The van der Waals surface area contributed by atoms with Crippen molar-refractivity contribution in [2.75, 3.05) is 0 Å². The van der Waals surface area contributed by atoms with Crippen molar-refractivity contribution in [3.8, 4) is 0 Å². The molecule has 0 spiro atoms. The second-order valence-electron chi connectivity index (χ2n) is 20.1. The minimum absolute atomic E-state index is 0.876. The van der Waals surface area contributed by atoms with Gasteiger partial charge in [-0.1, -0.05) is 199 Å². The van der Waals surface area contributed by atoms with Crippen LogP contribution < -0.4 is 0 Å². The van der Waals surface area contributed by atoms with E-state index >= 15 is 0 Å². The molecule has 3 heteroatoms. The van der Waals surface area contributed by atoms with Gasteiger partial charge in [0.15, 0.2) is 6.71 Å². The van der Waals surface area contributed by atoms with Gasteiger partial charge in [0.2, 0.25) is 0 Å². The molecule has 0 radical (unpaired) electrons. The Morgan fingerprint density at radius 2 is 0.471 bits per heavy atom. The number of hydrogen-bond acceptors (Lipinski definition) is 2. The van der Waals surface area contributed by atoms with E-state index in [0.29, 0.717) is 0 Å². The third-order valence-electron chi connectivity index (χ3n) is 16.9. The number of hydrogen-bond donors (Lipinski definition) is 0. The minimum Gasteiger partial charge on any atom is -0.295 e. The molecule has 2 saturated heterocycles. The maximum atomic E-state index is 3.53. The van der Waals surface area contributed by atoms with Crippen molar-refractivity contribution in [2.24, 2.45) is 0 Å². The Bertz CT molecular complexity index is 934. The molecule has 0 N–H and O–H groups in total. The van der Waals surface area contributed by atoms with Crippen LogP contribution in [0.3, 0.4) is 0 Å². The van der Waals surface area contributed by atoms with Gasteiger partial charge in [-0.15, -0.1) is 0 Å². The van der Waals surface area contributed by atoms with Crippen LogP contribution in [0.2, 0.25) is 17.5 Å². The molecule has 2 aliphatic heterocycles. The van der Waals surface area contributed by atoms with E-state index in [1.54, 1.807) is 51.4 Å². The van der Waals surface area contributed by atoms with Crippen LogP contribution >= 0.6 is 0 Å². The molecule has 292 valence electrons. The largest absolute Gasteiger partial charge is 0.295 e. The van der Waals surface area contributed by atoms with Crippen LogP contribution in [-0.4, -0.2) is 52.8 Å². The molecular weight excluding hydrogens is 615 g/mol. The zero-order valence-corrected chi connectivity index (χ0v) is 34.2. The van der Waals surface area contributed by atoms with Gasteiger partial charge in [0.1, 0.15) is 0 Å². The van der Waals surface area contributed by atoms with E-state index in [-0.39, 0.29) is 0 Å². The summed E-state index contributed by atoms with van der Waals surface area (Å²) in [6, 6.07) is 5.33. The lowest BCUT2D eigenvalue weighted by Crippen LogP contribution is -2.72. The lowest BCUT2D eigenvalue weighted by Gasteiger charge is -2.66. The second kappa shape index (κ2) is 21.3. The number of nitrogens with zero attached hydrogens (tertiary/aromatic N) is 2. The molecule has 0 aromatic heterocycles. The summed E-state index contributed by atoms with van der Waals surface area (Å²) in [4.78, 5) is 7.04. The third kappa shape index (κ3) is 10.2. The summed E-state index contributed by atoms with van der Waals surface area (Å²) in [6.45, 7) is 1.02. The van der Waals surface area contributed by atoms with E-state index in [9.17, 15) is 0 Å². The Balaban J connectivity index is 1.34. The van der Waals surface area contributed by atoms with Crippen molar-refractivity contribution < 1.29 is 0 Å². The van der Waals surface area contributed by atoms with Crippen molar-refractivity contribution in [1.82, 2.24) is 9.80 Å². The zero-order chi connectivity index (χ0) is 34.5. The summed E-state index contributed by atoms with van der Waals surface area (Å²) >= 11 is 0. The van der Waals surface area contributed by atoms with E-state index < -0.39 is 0 Å². The molecule has 0 aromatic rings. The van der Waals surface area contributed by atoms with Gasteiger partial charge in [0.05, 0.1) is 0 Å². The molecule has 0 bridgehead atoms. The third-order valence-corrected chi connectivity index (χ3v) is 16.9. The van der Waals surface area contributed by atoms with Gasteiger partial charge in [-0.05, 0) is 68.8 Å². The van der Waals surface area contributed by atoms with Crippen LogP contribution in [0.1, 0.15) is 250 Å². The van der Waals surface area contributed by atoms with E-state index in [1.807, 2.05) is 0 Å². The van der Waals surface area contributed by atoms with E-state index in [0.717, 1.165) is 60.4 Å². The second-order valence-corrected chi connectivity index (χ2v) is 20.1. The average molecular weight is 703 g/mol. The fourth-order valence-corrected chi connectivity index (χ4v) is 14.7. The predicted molar refractivity (Wildman–Crippen MR) is 223 cm³/mol. The summed E-state index contributed by atoms with van der Waals surface area (Å²) in [5, 5.41) is 0. The summed E-state index contributed by atoms with van der Waals surface area (Å²) in [5.41, 5.74) is 0. The van der Waals surface area contributed by atoms with Crippen LogP contribution in [-0.2, 0) is 0 Å². The van der Waals surface area contributed by atoms with Crippen LogP contribution in [0, 0.1) is 0 Å². The fourth-order valence-electron chi connectivity index (χ4n) is 14.7. The lowest BCUT2D eigenvalue weighted by molar-refractivity contribution is -0.0310. The van der Waals surface area contributed by atoms with Crippen molar-refractivity contribution in [1.29, 1.82) is 0 Å². The Hall–Kier alpha value is -0.0151. The molecule has 0 aromatic carbocycles. The van der Waals surface area contributed by atoms with Gasteiger partial charge in [-0.3, -0.25) is 9.80 Å². The molecular formula is C48H87BN2. The summed E-state index contributed by atoms with van der Waals surface area (Å²) in [7, 11) is 0. The highest BCUT2D eigenvalue weighted by Gasteiger charge is 2.61. The molecule has 7 rings (SSSR count). The Morgan fingerprint density at radius 1 is 0.235 bits per heavy atom. The fraction of sp³-hybridized carbons (Fsp3) is 1.00. The molecule has 0 amide bonds. The normalized spacial score (nSPS) is 38.1. The van der Waals surface area contributed by atoms with Crippen LogP contribution in [0.4, 0.5) is 0 Å². The van der Waals surface area contributed by atoms with Gasteiger partial charge in [0.25, 0.3) is 0 Å². The van der Waals surface area contributed by atoms with Gasteiger partial charge in [-0.25, -0.2) is 0 Å². The van der Waals surface area contributed by atoms with Crippen molar-refractivity contribution in [3.05, 3.63) is 0 Å². The number of fused-ring (bicyclic) bond motifs is 4. The first-order valence-electron chi connectivity index (χ1n) is 25.0. The maximum absolute atomic E-state index is 3.53. The zero-order valence-electron chi connectivity index (χ0n) is 34.2. The molecule has 2 nitrogen and oxygen atoms in total. The lowest BCUT2D eigenvalue weighted by atomic mass is 9.19. The molecule has 7 atom stereocenters. The van der Waals surface area contributed by atoms with E-state index in [2.05, 4.69) is 9.80 Å². The van der Waals surface area contributed by atoms with Gasteiger partial charge >= 0.3 is 0 Å². The molecule has 7 fully saturated rings. The topological polar surface area (TPSA) is 6.48 Å². The standard InChI is InChI=1S/C48H87BN2/c1-2-4-11-21-31-40(30-20-10-3-1)50-44-36-26-16-6-5-14-24-34-42(44)49-43-35-25-15-8-17-27-37-45(43)51(41-32-22-12-7-13-23-33-41)47-39-29-19-9-18-28-38-46(50)48(47)49/h40-48H,1-39H2. The van der Waals surface area contributed by atoms with Crippen molar-refractivity contribution >= 4 is 6.71 Å². The first kappa shape index (κ1) is 39.2. The van der Waals surface area contributed by atoms with Gasteiger partial charge in [0, 0.05) is 36.3 Å². The highest BCUT2D eigenvalue weighted by molar-refractivity contribution is 6.65. The highest BCUT2D eigenvalue weighted by Crippen LogP contribution is 2.59. The molecule has 7 unspecified atom stereocenters. The van der Waals surface area contributed by atoms with Gasteiger partial charge in [-0.2, -0.15) is 0 Å². The minimum atomic E-state index is 0.876. The summed E-state index contributed by atoms with van der Waals surface area (Å²) in [5.74, 6) is 2.93. The summed E-state index contributed by atoms with van der Waals surface area (Å²) < 4.78 is 0. The van der Waals surface area contributed by atoms with Crippen molar-refractivity contribution in [2.45, 2.75) is 304 Å². The number of rotatable bonds is 2. The molecule has 5 saturated carbocycles. The first-order valence-corrected chi connectivity index (χ1v) is 25.0. The van der Waals surface area contributed by atoms with Crippen LogP contribution in [0.15, 0.2) is 0 Å². The molecule has 7 aliphatic rings. The quantitative estimate of drug-likeness (QED) is 0.264. The Kier molecular flexibility index (Phi) is 16.4. The maximum Gasteiger partial charge on any atom is 0.156 e. The van der Waals surface area contributed by atoms with Gasteiger partial charge < -0.3 is 0 Å². The Labute approximate surface area is 319 Å². The average Bonchev–Trinajstić information content (AvgIpc) is 3.20.